The third-order valence-electron chi connectivity index (χ3n) is 5.87. The van der Waals surface area contributed by atoms with Gasteiger partial charge in [0.1, 0.15) is 5.58 Å². The van der Waals surface area contributed by atoms with Crippen molar-refractivity contribution in [1.29, 1.82) is 0 Å². The van der Waals surface area contributed by atoms with Crippen LogP contribution in [0.5, 0.6) is 0 Å². The van der Waals surface area contributed by atoms with Crippen LogP contribution in [-0.4, -0.2) is 15.9 Å². The fourth-order valence-electron chi connectivity index (χ4n) is 3.42. The minimum Gasteiger partial charge on any atom is -0.512 e. The number of allylic oxidation sites excluding steroid dienone is 2. The van der Waals surface area contributed by atoms with E-state index < -0.39 is 0 Å². The second kappa shape index (κ2) is 12.4. The van der Waals surface area contributed by atoms with Crippen LogP contribution < -0.4 is 5.43 Å². The zero-order valence-corrected chi connectivity index (χ0v) is 24.8. The second-order valence-corrected chi connectivity index (χ2v) is 10.5. The number of nitrogens with zero attached hydrogens (tertiary/aromatic N) is 1. The number of carbonyl (C=O) groups is 1. The molecule has 0 atom stereocenters. The molecule has 0 unspecified atom stereocenters. The number of rotatable bonds is 4. The molecule has 0 saturated carbocycles. The standard InChI is InChI=1S/C22H18NO2.C9H16O2.Ir/c1-22(2,3)14-11-12-18(23-13-14)15-8-6-9-17-20(24)16-7-4-5-10-19(16)25-21(15)17;1-6(2)8(10)5-9(11)7(3)4;/h4-7,9-13H,1-3H3;5-7,10H,1-4H3;/q-1;;/b;8-5-;. The van der Waals surface area contributed by atoms with Gasteiger partial charge in [0.2, 0.25) is 0 Å². The number of pyridine rings is 1. The molecule has 0 aliphatic carbocycles. The van der Waals surface area contributed by atoms with Gasteiger partial charge in [-0.1, -0.05) is 78.3 Å². The number of hydrogen-bond acceptors (Lipinski definition) is 5. The quantitative estimate of drug-likeness (QED) is 0.105. The van der Waals surface area contributed by atoms with Crippen molar-refractivity contribution in [3.63, 3.8) is 0 Å². The summed E-state index contributed by atoms with van der Waals surface area (Å²) in [6, 6.07) is 18.0. The van der Waals surface area contributed by atoms with Crippen LogP contribution in [0.25, 0.3) is 33.2 Å². The Morgan fingerprint density at radius 3 is 2.24 bits per heavy atom. The van der Waals surface area contributed by atoms with E-state index in [1.807, 2.05) is 58.2 Å². The maximum Gasteiger partial charge on any atom is 0.182 e. The third-order valence-corrected chi connectivity index (χ3v) is 5.87. The van der Waals surface area contributed by atoms with Crippen molar-refractivity contribution in [3.8, 4) is 11.3 Å². The van der Waals surface area contributed by atoms with E-state index in [9.17, 15) is 14.7 Å². The van der Waals surface area contributed by atoms with Crippen molar-refractivity contribution < 1.29 is 34.4 Å². The predicted molar refractivity (Wildman–Crippen MR) is 146 cm³/mol. The minimum absolute atomic E-state index is 0. The number of fused-ring (bicyclic) bond motifs is 2. The van der Waals surface area contributed by atoms with E-state index in [4.69, 9.17) is 4.42 Å². The summed E-state index contributed by atoms with van der Waals surface area (Å²) in [4.78, 5) is 28.4. The maximum absolute atomic E-state index is 12.8. The van der Waals surface area contributed by atoms with Gasteiger partial charge in [0.25, 0.3) is 0 Å². The summed E-state index contributed by atoms with van der Waals surface area (Å²) >= 11 is 0. The zero-order valence-electron chi connectivity index (χ0n) is 22.4. The third kappa shape index (κ3) is 7.24. The van der Waals surface area contributed by atoms with Crippen LogP contribution in [0.3, 0.4) is 0 Å². The first-order valence-electron chi connectivity index (χ1n) is 12.2. The van der Waals surface area contributed by atoms with Gasteiger partial charge in [-0.15, -0.1) is 18.2 Å². The number of aromatic nitrogens is 1. The smallest absolute Gasteiger partial charge is 0.182 e. The molecule has 4 rings (SSSR count). The van der Waals surface area contributed by atoms with Crippen molar-refractivity contribution >= 4 is 27.7 Å². The molecule has 197 valence electrons. The Labute approximate surface area is 232 Å². The van der Waals surface area contributed by atoms with E-state index in [0.717, 1.165) is 11.3 Å². The number of ketones is 1. The molecular formula is C31H34IrNO4-. The van der Waals surface area contributed by atoms with Gasteiger partial charge >= 0.3 is 0 Å². The second-order valence-electron chi connectivity index (χ2n) is 10.5. The number of aliphatic hydroxyl groups excluding tert-OH is 1. The number of para-hydroxylation sites is 1. The first-order valence-corrected chi connectivity index (χ1v) is 12.2. The number of hydrogen-bond donors (Lipinski definition) is 1. The zero-order chi connectivity index (χ0) is 26.6. The van der Waals surface area contributed by atoms with Crippen molar-refractivity contribution in [2.45, 2.75) is 53.9 Å². The summed E-state index contributed by atoms with van der Waals surface area (Å²) in [6.45, 7) is 13.8. The number of aliphatic hydroxyl groups is 1. The van der Waals surface area contributed by atoms with Gasteiger partial charge in [-0.25, -0.2) is 0 Å². The molecule has 0 bridgehead atoms. The summed E-state index contributed by atoms with van der Waals surface area (Å²) in [7, 11) is 0. The van der Waals surface area contributed by atoms with E-state index in [1.54, 1.807) is 18.2 Å². The van der Waals surface area contributed by atoms with E-state index in [-0.39, 0.29) is 54.3 Å². The Balaban J connectivity index is 0.000000344. The molecule has 0 aliphatic heterocycles. The van der Waals surface area contributed by atoms with Crippen molar-refractivity contribution in [2.24, 2.45) is 11.8 Å². The molecule has 5 nitrogen and oxygen atoms in total. The molecule has 0 saturated heterocycles. The SMILES string of the molecule is CC(C)(C)c1ccc(-c2[c-]ccc3c(=O)c4ccccc4oc23)nc1.CC(C)C(=O)/C=C(\O)C(C)C.[Ir]. The van der Waals surface area contributed by atoms with Gasteiger partial charge in [-0.05, 0) is 34.2 Å². The molecule has 0 spiro atoms. The summed E-state index contributed by atoms with van der Waals surface area (Å²) in [6.07, 6.45) is 3.19. The van der Waals surface area contributed by atoms with Crippen LogP contribution >= 0.6 is 0 Å². The molecule has 2 heterocycles. The average Bonchev–Trinajstić information content (AvgIpc) is 2.84. The largest absolute Gasteiger partial charge is 0.512 e. The topological polar surface area (TPSA) is 80.4 Å². The first kappa shape index (κ1) is 30.1. The molecule has 0 amide bonds. The van der Waals surface area contributed by atoms with E-state index in [0.29, 0.717) is 27.5 Å². The van der Waals surface area contributed by atoms with E-state index in [1.165, 1.54) is 6.08 Å². The summed E-state index contributed by atoms with van der Waals surface area (Å²) in [5, 5.41) is 10.3. The monoisotopic (exact) mass is 677 g/mol. The Hall–Kier alpha value is -3.08. The Morgan fingerprint density at radius 2 is 1.68 bits per heavy atom. The average molecular weight is 677 g/mol. The van der Waals surface area contributed by atoms with Crippen LogP contribution in [0.4, 0.5) is 0 Å². The molecule has 37 heavy (non-hydrogen) atoms. The van der Waals surface area contributed by atoms with Crippen molar-refractivity contribution in [3.05, 3.63) is 88.4 Å². The maximum atomic E-state index is 12.8. The molecule has 1 N–H and O–H groups in total. The Kier molecular flexibility index (Phi) is 10.1. The molecular weight excluding hydrogens is 643 g/mol. The van der Waals surface area contributed by atoms with Crippen LogP contribution in [0, 0.1) is 17.9 Å². The molecule has 0 fully saturated rings. The molecule has 6 heteroatoms. The fraction of sp³-hybridized carbons (Fsp3) is 0.323. The summed E-state index contributed by atoms with van der Waals surface area (Å²) < 4.78 is 6.04. The predicted octanol–water partition coefficient (Wildman–Crippen LogP) is 7.41. The summed E-state index contributed by atoms with van der Waals surface area (Å²) in [5.41, 5.74) is 3.73. The molecule has 4 aromatic rings. The van der Waals surface area contributed by atoms with Gasteiger partial charge < -0.3 is 14.5 Å². The number of carbonyl (C=O) groups excluding carboxylic acids is 1. The molecule has 0 aliphatic rings. The normalized spacial score (nSPS) is 11.9. The van der Waals surface area contributed by atoms with Crippen LogP contribution in [0.2, 0.25) is 0 Å². The van der Waals surface area contributed by atoms with Crippen LogP contribution in [0.15, 0.2) is 75.8 Å². The number of benzene rings is 2. The van der Waals surface area contributed by atoms with Gasteiger partial charge in [0.05, 0.1) is 16.7 Å². The van der Waals surface area contributed by atoms with E-state index in [2.05, 4.69) is 37.9 Å². The van der Waals surface area contributed by atoms with Gasteiger partial charge in [0.15, 0.2) is 11.2 Å². The first-order chi connectivity index (χ1) is 16.9. The molecule has 2 aromatic heterocycles. The van der Waals surface area contributed by atoms with Gasteiger partial charge in [-0.2, -0.15) is 0 Å². The van der Waals surface area contributed by atoms with E-state index >= 15 is 0 Å². The molecule has 2 aromatic carbocycles. The van der Waals surface area contributed by atoms with Gasteiger partial charge in [-0.3, -0.25) is 9.59 Å². The van der Waals surface area contributed by atoms with Gasteiger partial charge in [0, 0.05) is 44.2 Å². The Morgan fingerprint density at radius 1 is 1.00 bits per heavy atom. The molecule has 1 radical (unpaired) electrons. The minimum atomic E-state index is -0.0316. The van der Waals surface area contributed by atoms with Crippen LogP contribution in [-0.2, 0) is 30.3 Å². The summed E-state index contributed by atoms with van der Waals surface area (Å²) in [5.74, 6) is 0.161. The Bertz CT molecular complexity index is 1460. The fourth-order valence-corrected chi connectivity index (χ4v) is 3.42. The van der Waals surface area contributed by atoms with Crippen LogP contribution in [0.1, 0.15) is 54.0 Å². The van der Waals surface area contributed by atoms with Crippen molar-refractivity contribution in [2.75, 3.05) is 0 Å². The van der Waals surface area contributed by atoms with Crippen molar-refractivity contribution in [1.82, 2.24) is 4.98 Å².